The quantitative estimate of drug-likeness (QED) is 0.864. The Balaban J connectivity index is 2.79. The minimum atomic E-state index is -0.551. The highest BCUT2D eigenvalue weighted by atomic mass is 16.6. The molecule has 0 aliphatic carbocycles. The largest absolute Gasteiger partial charge is 0.444 e. The van der Waals surface area contributed by atoms with Crippen molar-refractivity contribution in [1.29, 1.82) is 0 Å². The number of carbonyl (C=O) groups excluding carboxylic acids is 2. The fraction of sp³-hybridized carbons (Fsp3) is 0.643. The predicted molar refractivity (Wildman–Crippen MR) is 78.7 cm³/mol. The fourth-order valence-electron chi connectivity index (χ4n) is 1.82. The van der Waals surface area contributed by atoms with Gasteiger partial charge in [-0.15, -0.1) is 0 Å². The maximum Gasteiger partial charge on any atom is 0.408 e. The molecule has 1 aromatic rings. The molecule has 7 heteroatoms. The van der Waals surface area contributed by atoms with Crippen molar-refractivity contribution in [3.05, 3.63) is 18.2 Å². The van der Waals surface area contributed by atoms with Gasteiger partial charge in [0.2, 0.25) is 5.91 Å². The summed E-state index contributed by atoms with van der Waals surface area (Å²) in [6.07, 6.45) is 3.40. The van der Waals surface area contributed by atoms with Crippen molar-refractivity contribution in [2.45, 2.75) is 52.3 Å². The molecule has 0 aliphatic rings. The highest BCUT2D eigenvalue weighted by Gasteiger charge is 2.22. The first-order valence-corrected chi connectivity index (χ1v) is 6.97. The lowest BCUT2D eigenvalue weighted by Crippen LogP contribution is -2.36. The summed E-state index contributed by atoms with van der Waals surface area (Å²) in [6, 6.07) is -0.257. The van der Waals surface area contributed by atoms with E-state index in [-0.39, 0.29) is 18.5 Å². The lowest BCUT2D eigenvalue weighted by molar-refractivity contribution is -0.121. The Kier molecular flexibility index (Phi) is 5.75. The average molecular weight is 296 g/mol. The zero-order chi connectivity index (χ0) is 16.0. The van der Waals surface area contributed by atoms with Gasteiger partial charge in [0.1, 0.15) is 12.1 Å². The normalized spacial score (nSPS) is 12.6. The van der Waals surface area contributed by atoms with Crippen LogP contribution in [0.5, 0.6) is 0 Å². The second-order valence-electron chi connectivity index (χ2n) is 5.73. The van der Waals surface area contributed by atoms with Crippen LogP contribution in [0.3, 0.4) is 0 Å². The molecule has 7 nitrogen and oxygen atoms in total. The number of nitrogens with one attached hydrogen (secondary N) is 2. The number of likely N-dealkylation sites (N-methyl/N-ethyl adjacent to an activating group) is 1. The molecule has 21 heavy (non-hydrogen) atoms. The van der Waals surface area contributed by atoms with Crippen LogP contribution in [0.25, 0.3) is 0 Å². The van der Waals surface area contributed by atoms with E-state index >= 15 is 0 Å². The molecular weight excluding hydrogens is 272 g/mol. The van der Waals surface area contributed by atoms with Crippen LogP contribution in [0.1, 0.15) is 45.9 Å². The van der Waals surface area contributed by atoms with Gasteiger partial charge in [0.15, 0.2) is 0 Å². The monoisotopic (exact) mass is 296 g/mol. The topological polar surface area (TPSA) is 85.2 Å². The van der Waals surface area contributed by atoms with Gasteiger partial charge in [-0.2, -0.15) is 0 Å². The van der Waals surface area contributed by atoms with Crippen LogP contribution in [0, 0.1) is 0 Å². The van der Waals surface area contributed by atoms with Gasteiger partial charge in [-0.25, -0.2) is 9.78 Å². The molecule has 0 aliphatic heterocycles. The molecule has 1 rings (SSSR count). The Labute approximate surface area is 125 Å². The number of amides is 2. The Bertz CT molecular complexity index is 491. The maximum absolute atomic E-state index is 11.9. The van der Waals surface area contributed by atoms with E-state index in [4.69, 9.17) is 4.74 Å². The van der Waals surface area contributed by atoms with Gasteiger partial charge >= 0.3 is 6.09 Å². The summed E-state index contributed by atoms with van der Waals surface area (Å²) in [6.45, 7) is 7.54. The molecule has 0 saturated heterocycles. The fourth-order valence-corrected chi connectivity index (χ4v) is 1.82. The third-order valence-electron chi connectivity index (χ3n) is 2.79. The first-order valence-electron chi connectivity index (χ1n) is 6.97. The number of hydrogen-bond donors (Lipinski definition) is 2. The third-order valence-corrected chi connectivity index (χ3v) is 2.79. The number of aromatic nitrogens is 2. The third kappa shape index (κ3) is 5.45. The number of nitrogens with zero attached hydrogens (tertiary/aromatic N) is 2. The summed E-state index contributed by atoms with van der Waals surface area (Å²) in [4.78, 5) is 27.4. The van der Waals surface area contributed by atoms with Crippen molar-refractivity contribution >= 4 is 12.0 Å². The Morgan fingerprint density at radius 3 is 2.62 bits per heavy atom. The summed E-state index contributed by atoms with van der Waals surface area (Å²) in [5.74, 6) is -0.124. The summed E-state index contributed by atoms with van der Waals surface area (Å²) >= 11 is 0. The van der Waals surface area contributed by atoms with Crippen LogP contribution in [0.2, 0.25) is 0 Å². The van der Waals surface area contributed by atoms with Gasteiger partial charge in [0.25, 0.3) is 0 Å². The van der Waals surface area contributed by atoms with Crippen LogP contribution in [0.15, 0.2) is 12.5 Å². The van der Waals surface area contributed by atoms with Gasteiger partial charge in [-0.05, 0) is 27.2 Å². The van der Waals surface area contributed by atoms with Crippen LogP contribution in [-0.2, 0) is 16.1 Å². The molecule has 2 amide bonds. The molecule has 0 saturated carbocycles. The van der Waals surface area contributed by atoms with Crippen molar-refractivity contribution < 1.29 is 14.3 Å². The van der Waals surface area contributed by atoms with E-state index in [1.54, 1.807) is 24.1 Å². The SMILES string of the molecule is CC[C@@H](NC(=O)OC(C)(C)C)c1cncn1CC(=O)NC. The van der Waals surface area contributed by atoms with Crippen LogP contribution >= 0.6 is 0 Å². The minimum absolute atomic E-state index is 0.124. The highest BCUT2D eigenvalue weighted by Crippen LogP contribution is 2.17. The van der Waals surface area contributed by atoms with Crippen molar-refractivity contribution in [3.8, 4) is 0 Å². The molecule has 0 fully saturated rings. The second kappa shape index (κ2) is 7.10. The molecular formula is C14H24N4O3. The van der Waals surface area contributed by atoms with Gasteiger partial charge in [-0.1, -0.05) is 6.92 Å². The molecule has 1 atom stereocenters. The van der Waals surface area contributed by atoms with Gasteiger partial charge < -0.3 is 19.9 Å². The molecule has 0 radical (unpaired) electrons. The summed E-state index contributed by atoms with van der Waals surface area (Å²) in [7, 11) is 1.58. The lowest BCUT2D eigenvalue weighted by Gasteiger charge is -2.23. The smallest absolute Gasteiger partial charge is 0.408 e. The summed E-state index contributed by atoms with van der Waals surface area (Å²) in [5, 5.41) is 5.36. The Morgan fingerprint density at radius 2 is 2.10 bits per heavy atom. The average Bonchev–Trinajstić information content (AvgIpc) is 2.81. The first-order chi connectivity index (χ1) is 9.76. The minimum Gasteiger partial charge on any atom is -0.444 e. The maximum atomic E-state index is 11.9. The highest BCUT2D eigenvalue weighted by molar-refractivity contribution is 5.75. The molecule has 0 unspecified atom stereocenters. The number of carbonyl (C=O) groups is 2. The number of hydrogen-bond acceptors (Lipinski definition) is 4. The molecule has 0 bridgehead atoms. The van der Waals surface area contributed by atoms with Gasteiger partial charge in [-0.3, -0.25) is 4.79 Å². The van der Waals surface area contributed by atoms with Crippen molar-refractivity contribution in [2.24, 2.45) is 0 Å². The van der Waals surface area contributed by atoms with Crippen LogP contribution in [0.4, 0.5) is 4.79 Å². The number of imidazole rings is 1. The van der Waals surface area contributed by atoms with Gasteiger partial charge in [0.05, 0.1) is 24.3 Å². The van der Waals surface area contributed by atoms with Crippen molar-refractivity contribution in [1.82, 2.24) is 20.2 Å². The molecule has 2 N–H and O–H groups in total. The van der Waals surface area contributed by atoms with Crippen molar-refractivity contribution in [2.75, 3.05) is 7.05 Å². The second-order valence-corrected chi connectivity index (χ2v) is 5.73. The van der Waals surface area contributed by atoms with E-state index in [1.165, 1.54) is 0 Å². The molecule has 1 heterocycles. The van der Waals surface area contributed by atoms with E-state index in [0.717, 1.165) is 5.69 Å². The first kappa shape index (κ1) is 17.0. The standard InChI is InChI=1S/C14H24N4O3/c1-6-10(17-13(20)21-14(2,3)4)11-7-16-9-18(11)8-12(19)15-5/h7,9-10H,6,8H2,1-5H3,(H,15,19)(H,17,20)/t10-/m1/s1. The zero-order valence-corrected chi connectivity index (χ0v) is 13.3. The molecule has 0 aromatic carbocycles. The van der Waals surface area contributed by atoms with Crippen LogP contribution < -0.4 is 10.6 Å². The molecule has 118 valence electrons. The molecule has 1 aromatic heterocycles. The van der Waals surface area contributed by atoms with Crippen molar-refractivity contribution in [3.63, 3.8) is 0 Å². The van der Waals surface area contributed by atoms with Crippen LogP contribution in [-0.4, -0.2) is 34.2 Å². The van der Waals surface area contributed by atoms with E-state index in [9.17, 15) is 9.59 Å². The Hall–Kier alpha value is -2.05. The Morgan fingerprint density at radius 1 is 1.43 bits per heavy atom. The van der Waals surface area contributed by atoms with E-state index in [0.29, 0.717) is 6.42 Å². The van der Waals surface area contributed by atoms with E-state index in [1.807, 2.05) is 27.7 Å². The zero-order valence-electron chi connectivity index (χ0n) is 13.3. The number of alkyl carbamates (subject to hydrolysis) is 1. The van der Waals surface area contributed by atoms with E-state index < -0.39 is 11.7 Å². The lowest BCUT2D eigenvalue weighted by atomic mass is 10.1. The summed E-state index contributed by atoms with van der Waals surface area (Å²) < 4.78 is 6.96. The number of rotatable bonds is 5. The molecule has 0 spiro atoms. The predicted octanol–water partition coefficient (Wildman–Crippen LogP) is 1.60. The van der Waals surface area contributed by atoms with Gasteiger partial charge in [0, 0.05) is 7.05 Å². The number of ether oxygens (including phenoxy) is 1. The summed E-state index contributed by atoms with van der Waals surface area (Å²) in [5.41, 5.74) is 0.219. The van der Waals surface area contributed by atoms with E-state index in [2.05, 4.69) is 15.6 Å².